The summed E-state index contributed by atoms with van der Waals surface area (Å²) in [4.78, 5) is 5.38. The molecule has 116 valence electrons. The van der Waals surface area contributed by atoms with Crippen molar-refractivity contribution in [3.63, 3.8) is 0 Å². The van der Waals surface area contributed by atoms with Gasteiger partial charge >= 0.3 is 0 Å². The second-order valence-corrected chi connectivity index (χ2v) is 8.69. The lowest BCUT2D eigenvalue weighted by Crippen LogP contribution is -2.73. The van der Waals surface area contributed by atoms with E-state index in [9.17, 15) is 0 Å². The van der Waals surface area contributed by atoms with Gasteiger partial charge in [-0.15, -0.1) is 0 Å². The highest BCUT2D eigenvalue weighted by Gasteiger charge is 2.52. The average Bonchev–Trinajstić information content (AvgIpc) is 2.30. The van der Waals surface area contributed by atoms with Crippen LogP contribution in [0.5, 0.6) is 0 Å². The van der Waals surface area contributed by atoms with E-state index < -0.39 is 0 Å². The monoisotopic (exact) mass is 278 g/mol. The number of rotatable bonds is 4. The van der Waals surface area contributed by atoms with Crippen molar-refractivity contribution in [3.8, 4) is 0 Å². The Hall–Kier alpha value is -0.0800. The van der Waals surface area contributed by atoms with Gasteiger partial charge in [-0.05, 0) is 57.3 Å². The number of nitrogens with zero attached hydrogens (tertiary/aromatic N) is 2. The third kappa shape index (κ3) is 2.92. The SMILES string of the molecule is CC(C)C1CCC(CN2CC3(C2)CN(C(C)C)C3)CC1. The lowest BCUT2D eigenvalue weighted by atomic mass is 9.71. The first-order valence-corrected chi connectivity index (χ1v) is 8.94. The van der Waals surface area contributed by atoms with Gasteiger partial charge in [0.2, 0.25) is 0 Å². The Labute approximate surface area is 125 Å². The van der Waals surface area contributed by atoms with Crippen LogP contribution in [-0.4, -0.2) is 48.6 Å². The molecule has 0 aromatic rings. The van der Waals surface area contributed by atoms with E-state index >= 15 is 0 Å². The molecular weight excluding hydrogens is 244 g/mol. The van der Waals surface area contributed by atoms with Gasteiger partial charge in [-0.1, -0.05) is 13.8 Å². The van der Waals surface area contributed by atoms with Crippen molar-refractivity contribution in [2.24, 2.45) is 23.2 Å². The Bertz CT molecular complexity index is 314. The summed E-state index contributed by atoms with van der Waals surface area (Å²) in [5.74, 6) is 2.92. The molecule has 3 rings (SSSR count). The van der Waals surface area contributed by atoms with Gasteiger partial charge in [0.1, 0.15) is 0 Å². The van der Waals surface area contributed by atoms with Crippen molar-refractivity contribution in [1.82, 2.24) is 9.80 Å². The van der Waals surface area contributed by atoms with Crippen LogP contribution in [0.25, 0.3) is 0 Å². The van der Waals surface area contributed by atoms with E-state index in [1.165, 1.54) is 58.4 Å². The highest BCUT2D eigenvalue weighted by atomic mass is 15.3. The third-order valence-electron chi connectivity index (χ3n) is 6.28. The number of hydrogen-bond acceptors (Lipinski definition) is 2. The van der Waals surface area contributed by atoms with Gasteiger partial charge in [0.05, 0.1) is 0 Å². The molecule has 0 unspecified atom stereocenters. The fraction of sp³-hybridized carbons (Fsp3) is 1.00. The fourth-order valence-corrected chi connectivity index (χ4v) is 4.81. The molecule has 2 saturated heterocycles. The van der Waals surface area contributed by atoms with Crippen molar-refractivity contribution in [3.05, 3.63) is 0 Å². The van der Waals surface area contributed by atoms with E-state index in [1.807, 2.05) is 0 Å². The van der Waals surface area contributed by atoms with Gasteiger partial charge in [-0.25, -0.2) is 0 Å². The Morgan fingerprint density at radius 1 is 0.900 bits per heavy atom. The summed E-state index contributed by atoms with van der Waals surface area (Å²) in [7, 11) is 0. The van der Waals surface area contributed by atoms with E-state index in [4.69, 9.17) is 0 Å². The third-order valence-corrected chi connectivity index (χ3v) is 6.28. The molecule has 3 aliphatic rings. The van der Waals surface area contributed by atoms with E-state index in [1.54, 1.807) is 0 Å². The molecule has 0 bridgehead atoms. The highest BCUT2D eigenvalue weighted by Crippen LogP contribution is 2.42. The first-order chi connectivity index (χ1) is 9.47. The smallest absolute Gasteiger partial charge is 0.0212 e. The molecule has 3 fully saturated rings. The van der Waals surface area contributed by atoms with Gasteiger partial charge in [0.15, 0.2) is 0 Å². The molecular formula is C18H34N2. The molecule has 1 aliphatic carbocycles. The summed E-state index contributed by atoms with van der Waals surface area (Å²) in [6, 6.07) is 0.751. The van der Waals surface area contributed by atoms with Gasteiger partial charge in [0.25, 0.3) is 0 Å². The molecule has 2 heterocycles. The van der Waals surface area contributed by atoms with Gasteiger partial charge < -0.3 is 4.90 Å². The lowest BCUT2D eigenvalue weighted by Gasteiger charge is -2.62. The van der Waals surface area contributed by atoms with Crippen LogP contribution >= 0.6 is 0 Å². The molecule has 0 atom stereocenters. The van der Waals surface area contributed by atoms with Crippen LogP contribution < -0.4 is 0 Å². The molecule has 20 heavy (non-hydrogen) atoms. The van der Waals surface area contributed by atoms with E-state index in [0.717, 1.165) is 23.8 Å². The van der Waals surface area contributed by atoms with Crippen molar-refractivity contribution in [1.29, 1.82) is 0 Å². The number of likely N-dealkylation sites (tertiary alicyclic amines) is 2. The summed E-state index contributed by atoms with van der Waals surface area (Å²) in [5, 5.41) is 0. The zero-order chi connectivity index (χ0) is 14.3. The van der Waals surface area contributed by atoms with Crippen LogP contribution in [0.15, 0.2) is 0 Å². The largest absolute Gasteiger partial charge is 0.302 e. The summed E-state index contributed by atoms with van der Waals surface area (Å²) in [6.45, 7) is 16.4. The van der Waals surface area contributed by atoms with Crippen LogP contribution in [0.1, 0.15) is 53.4 Å². The van der Waals surface area contributed by atoms with E-state index in [0.29, 0.717) is 5.41 Å². The zero-order valence-electron chi connectivity index (χ0n) is 14.1. The summed E-state index contributed by atoms with van der Waals surface area (Å²) in [6.07, 6.45) is 5.96. The fourth-order valence-electron chi connectivity index (χ4n) is 4.81. The van der Waals surface area contributed by atoms with Crippen molar-refractivity contribution >= 4 is 0 Å². The van der Waals surface area contributed by atoms with Crippen LogP contribution in [0, 0.1) is 23.2 Å². The molecule has 1 spiro atoms. The standard InChI is InChI=1S/C18H34N2/c1-14(2)17-7-5-16(6-8-17)9-19-10-18(11-19)12-20(13-18)15(3)4/h14-17H,5-13H2,1-4H3. The van der Waals surface area contributed by atoms with Gasteiger partial charge in [-0.2, -0.15) is 0 Å². The predicted molar refractivity (Wildman–Crippen MR) is 85.9 cm³/mol. The van der Waals surface area contributed by atoms with Gasteiger partial charge in [0, 0.05) is 44.2 Å². The normalized spacial score (nSPS) is 34.5. The summed E-state index contributed by atoms with van der Waals surface area (Å²) in [5.41, 5.74) is 0.708. The Morgan fingerprint density at radius 3 is 2.00 bits per heavy atom. The summed E-state index contributed by atoms with van der Waals surface area (Å²) < 4.78 is 0. The minimum atomic E-state index is 0.708. The number of hydrogen-bond donors (Lipinski definition) is 0. The lowest BCUT2D eigenvalue weighted by molar-refractivity contribution is -0.130. The molecule has 0 aromatic heterocycles. The molecule has 2 heteroatoms. The highest BCUT2D eigenvalue weighted by molar-refractivity contribution is 5.06. The molecule has 0 N–H and O–H groups in total. The van der Waals surface area contributed by atoms with Crippen molar-refractivity contribution in [2.45, 2.75) is 59.4 Å². The topological polar surface area (TPSA) is 6.48 Å². The second-order valence-electron chi connectivity index (χ2n) is 8.69. The van der Waals surface area contributed by atoms with Gasteiger partial charge in [-0.3, -0.25) is 4.90 Å². The maximum Gasteiger partial charge on any atom is 0.0212 e. The molecule has 0 radical (unpaired) electrons. The molecule has 0 amide bonds. The van der Waals surface area contributed by atoms with E-state index in [-0.39, 0.29) is 0 Å². The molecule has 2 aliphatic heterocycles. The maximum atomic E-state index is 2.75. The van der Waals surface area contributed by atoms with Crippen LogP contribution in [0.3, 0.4) is 0 Å². The minimum absolute atomic E-state index is 0.708. The van der Waals surface area contributed by atoms with Crippen LogP contribution in [0.2, 0.25) is 0 Å². The zero-order valence-corrected chi connectivity index (χ0v) is 14.1. The van der Waals surface area contributed by atoms with Crippen molar-refractivity contribution < 1.29 is 0 Å². The van der Waals surface area contributed by atoms with E-state index in [2.05, 4.69) is 37.5 Å². The molecule has 1 saturated carbocycles. The molecule has 0 aromatic carbocycles. The molecule has 2 nitrogen and oxygen atoms in total. The van der Waals surface area contributed by atoms with Crippen LogP contribution in [-0.2, 0) is 0 Å². The Kier molecular flexibility index (Phi) is 4.16. The minimum Gasteiger partial charge on any atom is -0.302 e. The summed E-state index contributed by atoms with van der Waals surface area (Å²) >= 11 is 0. The Balaban J connectivity index is 1.34. The first kappa shape index (κ1) is 14.8. The quantitative estimate of drug-likeness (QED) is 0.777. The predicted octanol–water partition coefficient (Wildman–Crippen LogP) is 3.47. The first-order valence-electron chi connectivity index (χ1n) is 8.94. The van der Waals surface area contributed by atoms with Crippen LogP contribution in [0.4, 0.5) is 0 Å². The average molecular weight is 278 g/mol. The van der Waals surface area contributed by atoms with Crippen molar-refractivity contribution in [2.75, 3.05) is 32.7 Å². The second kappa shape index (κ2) is 5.61. The maximum absolute atomic E-state index is 2.75. The Morgan fingerprint density at radius 2 is 1.50 bits per heavy atom.